The van der Waals surface area contributed by atoms with Crippen molar-refractivity contribution in [2.45, 2.75) is 32.9 Å². The highest BCUT2D eigenvalue weighted by molar-refractivity contribution is 6.30. The van der Waals surface area contributed by atoms with Crippen LogP contribution in [0.15, 0.2) is 48.5 Å². The monoisotopic (exact) mass is 406 g/mol. The first-order valence-electron chi connectivity index (χ1n) is 9.10. The first-order chi connectivity index (χ1) is 13.4. The van der Waals surface area contributed by atoms with Crippen LogP contribution >= 0.6 is 11.6 Å². The van der Waals surface area contributed by atoms with E-state index in [0.717, 1.165) is 6.42 Å². The number of hydrogen-bond donors (Lipinski definition) is 1. The first kappa shape index (κ1) is 21.7. The summed E-state index contributed by atoms with van der Waals surface area (Å²) in [5.74, 6) is -0.506. The van der Waals surface area contributed by atoms with Crippen LogP contribution < -0.4 is 10.1 Å². The van der Waals surface area contributed by atoms with Crippen LogP contribution in [0.25, 0.3) is 0 Å². The summed E-state index contributed by atoms with van der Waals surface area (Å²) in [4.78, 5) is 26.6. The van der Waals surface area contributed by atoms with Crippen molar-refractivity contribution in [3.63, 3.8) is 0 Å². The predicted molar refractivity (Wildman–Crippen MR) is 107 cm³/mol. The number of halogens is 2. The zero-order valence-electron chi connectivity index (χ0n) is 16.0. The van der Waals surface area contributed by atoms with Crippen molar-refractivity contribution in [3.8, 4) is 5.75 Å². The van der Waals surface area contributed by atoms with E-state index in [9.17, 15) is 14.0 Å². The molecule has 2 aromatic carbocycles. The fourth-order valence-corrected chi connectivity index (χ4v) is 2.73. The summed E-state index contributed by atoms with van der Waals surface area (Å²) in [5, 5.41) is 3.29. The van der Waals surface area contributed by atoms with Gasteiger partial charge in [0.15, 0.2) is 6.61 Å². The lowest BCUT2D eigenvalue weighted by Crippen LogP contribution is -2.49. The molecule has 0 aliphatic rings. The molecule has 0 aliphatic carbocycles. The molecule has 0 saturated heterocycles. The van der Waals surface area contributed by atoms with E-state index in [1.165, 1.54) is 17.0 Å². The SMILES string of the molecule is CCCNC(=O)[C@@H](C)N(Cc1ccc(F)cc1)C(=O)COc1cccc(Cl)c1. The van der Waals surface area contributed by atoms with E-state index in [1.54, 1.807) is 43.3 Å². The van der Waals surface area contributed by atoms with Crippen LogP contribution in [0.4, 0.5) is 4.39 Å². The molecule has 0 bridgehead atoms. The predicted octanol–water partition coefficient (Wildman–Crippen LogP) is 3.80. The third-order valence-corrected chi connectivity index (χ3v) is 4.38. The van der Waals surface area contributed by atoms with E-state index in [2.05, 4.69) is 5.32 Å². The molecule has 1 atom stereocenters. The van der Waals surface area contributed by atoms with Gasteiger partial charge >= 0.3 is 0 Å². The minimum atomic E-state index is -0.702. The standard InChI is InChI=1S/C21H24ClFN2O3/c1-3-11-24-21(27)15(2)25(13-16-7-9-18(23)10-8-16)20(26)14-28-19-6-4-5-17(22)12-19/h4-10,12,15H,3,11,13-14H2,1-2H3,(H,24,27)/t15-/m1/s1. The highest BCUT2D eigenvalue weighted by atomic mass is 35.5. The zero-order chi connectivity index (χ0) is 20.5. The van der Waals surface area contributed by atoms with Gasteiger partial charge in [-0.05, 0) is 49.2 Å². The number of carbonyl (C=O) groups excluding carboxylic acids is 2. The third kappa shape index (κ3) is 6.53. The highest BCUT2D eigenvalue weighted by Crippen LogP contribution is 2.18. The molecule has 0 radical (unpaired) electrons. The summed E-state index contributed by atoms with van der Waals surface area (Å²) in [5.41, 5.74) is 0.715. The summed E-state index contributed by atoms with van der Waals surface area (Å²) in [7, 11) is 0. The fourth-order valence-electron chi connectivity index (χ4n) is 2.55. The smallest absolute Gasteiger partial charge is 0.261 e. The Morgan fingerprint density at radius 3 is 2.57 bits per heavy atom. The lowest BCUT2D eigenvalue weighted by Gasteiger charge is -2.28. The van der Waals surface area contributed by atoms with Crippen LogP contribution in [0, 0.1) is 5.82 Å². The number of carbonyl (C=O) groups is 2. The number of hydrogen-bond acceptors (Lipinski definition) is 3. The van der Waals surface area contributed by atoms with Gasteiger partial charge in [0, 0.05) is 18.1 Å². The molecular formula is C21H24ClFN2O3. The molecule has 0 saturated carbocycles. The molecule has 0 spiro atoms. The van der Waals surface area contributed by atoms with E-state index in [0.29, 0.717) is 22.9 Å². The maximum Gasteiger partial charge on any atom is 0.261 e. The van der Waals surface area contributed by atoms with Gasteiger partial charge in [-0.2, -0.15) is 0 Å². The van der Waals surface area contributed by atoms with Gasteiger partial charge in [0.2, 0.25) is 5.91 Å². The summed E-state index contributed by atoms with van der Waals surface area (Å²) >= 11 is 5.92. The van der Waals surface area contributed by atoms with Gasteiger partial charge in [-0.15, -0.1) is 0 Å². The van der Waals surface area contributed by atoms with Crippen LogP contribution in [-0.4, -0.2) is 35.9 Å². The molecule has 0 heterocycles. The topological polar surface area (TPSA) is 58.6 Å². The molecular weight excluding hydrogens is 383 g/mol. The first-order valence-corrected chi connectivity index (χ1v) is 9.48. The lowest BCUT2D eigenvalue weighted by molar-refractivity contribution is -0.142. The van der Waals surface area contributed by atoms with Crippen LogP contribution in [0.2, 0.25) is 5.02 Å². The molecule has 2 aromatic rings. The Morgan fingerprint density at radius 2 is 1.93 bits per heavy atom. The van der Waals surface area contributed by atoms with Gasteiger partial charge in [0.05, 0.1) is 0 Å². The minimum Gasteiger partial charge on any atom is -0.484 e. The molecule has 2 amide bonds. The van der Waals surface area contributed by atoms with E-state index in [-0.39, 0.29) is 30.8 Å². The maximum atomic E-state index is 13.2. The van der Waals surface area contributed by atoms with Gasteiger partial charge in [-0.25, -0.2) is 4.39 Å². The van der Waals surface area contributed by atoms with Gasteiger partial charge in [-0.3, -0.25) is 9.59 Å². The zero-order valence-corrected chi connectivity index (χ0v) is 16.7. The average Bonchev–Trinajstić information content (AvgIpc) is 2.69. The van der Waals surface area contributed by atoms with Crippen LogP contribution in [0.3, 0.4) is 0 Å². The van der Waals surface area contributed by atoms with Crippen molar-refractivity contribution in [3.05, 3.63) is 64.9 Å². The Morgan fingerprint density at radius 1 is 1.21 bits per heavy atom. The summed E-state index contributed by atoms with van der Waals surface area (Å²) < 4.78 is 18.7. The minimum absolute atomic E-state index is 0.165. The summed E-state index contributed by atoms with van der Waals surface area (Å²) in [6, 6.07) is 11.8. The molecule has 2 rings (SSSR count). The van der Waals surface area contributed by atoms with Crippen molar-refractivity contribution in [1.82, 2.24) is 10.2 Å². The second-order valence-electron chi connectivity index (χ2n) is 6.36. The number of rotatable bonds is 9. The number of nitrogens with one attached hydrogen (secondary N) is 1. The quantitative estimate of drug-likeness (QED) is 0.689. The summed E-state index contributed by atoms with van der Waals surface area (Å²) in [6.45, 7) is 4.06. The van der Waals surface area contributed by atoms with Crippen LogP contribution in [0.1, 0.15) is 25.8 Å². The van der Waals surface area contributed by atoms with Gasteiger partial charge in [-0.1, -0.05) is 36.7 Å². The molecule has 1 N–H and O–H groups in total. The molecule has 7 heteroatoms. The van der Waals surface area contributed by atoms with Crippen molar-refractivity contribution >= 4 is 23.4 Å². The highest BCUT2D eigenvalue weighted by Gasteiger charge is 2.26. The lowest BCUT2D eigenvalue weighted by atomic mass is 10.1. The van der Waals surface area contributed by atoms with E-state index in [4.69, 9.17) is 16.3 Å². The Bertz CT molecular complexity index is 798. The molecule has 0 fully saturated rings. The van der Waals surface area contributed by atoms with Gasteiger partial charge < -0.3 is 15.0 Å². The molecule has 0 aliphatic heterocycles. The third-order valence-electron chi connectivity index (χ3n) is 4.14. The molecule has 0 unspecified atom stereocenters. The molecule has 0 aromatic heterocycles. The van der Waals surface area contributed by atoms with Crippen molar-refractivity contribution in [2.24, 2.45) is 0 Å². The van der Waals surface area contributed by atoms with Gasteiger partial charge in [0.1, 0.15) is 17.6 Å². The van der Waals surface area contributed by atoms with Crippen molar-refractivity contribution < 1.29 is 18.7 Å². The number of amides is 2. The van der Waals surface area contributed by atoms with Gasteiger partial charge in [0.25, 0.3) is 5.91 Å². The average molecular weight is 407 g/mol. The second kappa shape index (κ2) is 10.7. The Labute approximate surface area is 169 Å². The van der Waals surface area contributed by atoms with E-state index in [1.807, 2.05) is 6.92 Å². The van der Waals surface area contributed by atoms with Crippen molar-refractivity contribution in [1.29, 1.82) is 0 Å². The van der Waals surface area contributed by atoms with Crippen LogP contribution in [0.5, 0.6) is 5.75 Å². The Kier molecular flexibility index (Phi) is 8.26. The summed E-state index contributed by atoms with van der Waals surface area (Å²) in [6.07, 6.45) is 0.794. The maximum absolute atomic E-state index is 13.2. The van der Waals surface area contributed by atoms with Crippen molar-refractivity contribution in [2.75, 3.05) is 13.2 Å². The number of ether oxygens (including phenoxy) is 1. The second-order valence-corrected chi connectivity index (χ2v) is 6.80. The largest absolute Gasteiger partial charge is 0.484 e. The molecule has 28 heavy (non-hydrogen) atoms. The molecule has 150 valence electrons. The fraction of sp³-hybridized carbons (Fsp3) is 0.333. The number of benzene rings is 2. The van der Waals surface area contributed by atoms with E-state index < -0.39 is 6.04 Å². The molecule has 5 nitrogen and oxygen atoms in total. The number of nitrogens with zero attached hydrogens (tertiary/aromatic N) is 1. The Balaban J connectivity index is 2.11. The van der Waals surface area contributed by atoms with Crippen LogP contribution in [-0.2, 0) is 16.1 Å². The van der Waals surface area contributed by atoms with E-state index >= 15 is 0 Å². The Hall–Kier alpha value is -2.60. The normalized spacial score (nSPS) is 11.6.